The molecule has 0 saturated carbocycles. The van der Waals surface area contributed by atoms with Crippen LogP contribution < -0.4 is 0 Å². The Bertz CT molecular complexity index is 177. The summed E-state index contributed by atoms with van der Waals surface area (Å²) in [6.07, 6.45) is 4.29. The molecule has 0 N–H and O–H groups in total. The maximum atomic E-state index is 5.56. The van der Waals surface area contributed by atoms with E-state index in [1.54, 1.807) is 0 Å². The van der Waals surface area contributed by atoms with Gasteiger partial charge in [0.1, 0.15) is 0 Å². The van der Waals surface area contributed by atoms with Crippen molar-refractivity contribution in [2.75, 3.05) is 26.2 Å². The van der Waals surface area contributed by atoms with Gasteiger partial charge in [-0.2, -0.15) is 0 Å². The lowest BCUT2D eigenvalue weighted by Crippen LogP contribution is -2.40. The summed E-state index contributed by atoms with van der Waals surface area (Å²) < 4.78 is 5.56. The second-order valence-corrected chi connectivity index (χ2v) is 5.82. The molecule has 1 heterocycles. The van der Waals surface area contributed by atoms with E-state index in [9.17, 15) is 0 Å². The Hall–Kier alpha value is -0.0800. The zero-order valence-corrected chi connectivity index (χ0v) is 10.9. The molecule has 2 heteroatoms. The predicted molar refractivity (Wildman–Crippen MR) is 65.2 cm³/mol. The van der Waals surface area contributed by atoms with Gasteiger partial charge in [-0.25, -0.2) is 0 Å². The second-order valence-electron chi connectivity index (χ2n) is 5.82. The van der Waals surface area contributed by atoms with E-state index in [4.69, 9.17) is 4.74 Å². The monoisotopic (exact) mass is 213 g/mol. The summed E-state index contributed by atoms with van der Waals surface area (Å²) in [7, 11) is 0. The number of piperidine rings is 1. The van der Waals surface area contributed by atoms with Crippen LogP contribution in [0.4, 0.5) is 0 Å². The van der Waals surface area contributed by atoms with Gasteiger partial charge in [-0.05, 0) is 45.1 Å². The van der Waals surface area contributed by atoms with Gasteiger partial charge in [-0.1, -0.05) is 13.8 Å². The minimum atomic E-state index is 0.378. The molecule has 1 aliphatic rings. The van der Waals surface area contributed by atoms with Crippen LogP contribution in [0.2, 0.25) is 0 Å². The number of likely N-dealkylation sites (tertiary alicyclic amines) is 1. The smallest absolute Gasteiger partial charge is 0.0518 e. The van der Waals surface area contributed by atoms with Crippen LogP contribution in [-0.2, 0) is 4.74 Å². The van der Waals surface area contributed by atoms with E-state index < -0.39 is 0 Å². The molecule has 1 fully saturated rings. The van der Waals surface area contributed by atoms with E-state index >= 15 is 0 Å². The first-order chi connectivity index (χ1) is 6.99. The van der Waals surface area contributed by atoms with Gasteiger partial charge in [-0.15, -0.1) is 0 Å². The summed E-state index contributed by atoms with van der Waals surface area (Å²) in [6.45, 7) is 13.6. The summed E-state index contributed by atoms with van der Waals surface area (Å²) in [5.74, 6) is 0. The van der Waals surface area contributed by atoms with Crippen molar-refractivity contribution in [3.8, 4) is 0 Å². The summed E-state index contributed by atoms with van der Waals surface area (Å²) in [5, 5.41) is 0. The molecule has 90 valence electrons. The Labute approximate surface area is 95.0 Å². The standard InChI is InChI=1S/C13H27NO/c1-12(2)15-10-6-9-14-8-5-7-13(3,4)11-14/h12H,5-11H2,1-4H3. The Balaban J connectivity index is 2.11. The van der Waals surface area contributed by atoms with Gasteiger partial charge in [0.25, 0.3) is 0 Å². The fourth-order valence-electron chi connectivity index (χ4n) is 2.34. The van der Waals surface area contributed by atoms with E-state index in [0.29, 0.717) is 11.5 Å². The van der Waals surface area contributed by atoms with Gasteiger partial charge in [0.05, 0.1) is 6.10 Å². The van der Waals surface area contributed by atoms with Gasteiger partial charge in [-0.3, -0.25) is 0 Å². The van der Waals surface area contributed by atoms with Crippen LogP contribution in [0.25, 0.3) is 0 Å². The maximum absolute atomic E-state index is 5.56. The highest BCUT2D eigenvalue weighted by Gasteiger charge is 2.25. The fourth-order valence-corrected chi connectivity index (χ4v) is 2.34. The van der Waals surface area contributed by atoms with Crippen molar-refractivity contribution < 1.29 is 4.74 Å². The molecule has 0 atom stereocenters. The lowest BCUT2D eigenvalue weighted by atomic mass is 9.84. The average molecular weight is 213 g/mol. The van der Waals surface area contributed by atoms with E-state index in [1.807, 2.05) is 0 Å². The van der Waals surface area contributed by atoms with Crippen molar-refractivity contribution in [1.82, 2.24) is 4.90 Å². The number of hydrogen-bond acceptors (Lipinski definition) is 2. The van der Waals surface area contributed by atoms with Crippen molar-refractivity contribution in [2.45, 2.75) is 53.1 Å². The van der Waals surface area contributed by atoms with E-state index in [0.717, 1.165) is 6.61 Å². The van der Waals surface area contributed by atoms with Crippen molar-refractivity contribution in [3.05, 3.63) is 0 Å². The van der Waals surface area contributed by atoms with Gasteiger partial charge < -0.3 is 9.64 Å². The molecule has 1 saturated heterocycles. The van der Waals surface area contributed by atoms with Crippen molar-refractivity contribution in [2.24, 2.45) is 5.41 Å². The molecule has 0 unspecified atom stereocenters. The first kappa shape index (κ1) is 13.0. The molecule has 0 bridgehead atoms. The van der Waals surface area contributed by atoms with Gasteiger partial charge in [0, 0.05) is 19.7 Å². The predicted octanol–water partition coefficient (Wildman–Crippen LogP) is 2.92. The van der Waals surface area contributed by atoms with Gasteiger partial charge in [0.2, 0.25) is 0 Å². The zero-order chi connectivity index (χ0) is 11.3. The van der Waals surface area contributed by atoms with E-state index in [2.05, 4.69) is 32.6 Å². The van der Waals surface area contributed by atoms with E-state index in [-0.39, 0.29) is 0 Å². The highest BCUT2D eigenvalue weighted by molar-refractivity contribution is 4.79. The highest BCUT2D eigenvalue weighted by atomic mass is 16.5. The Morgan fingerprint density at radius 3 is 2.67 bits per heavy atom. The van der Waals surface area contributed by atoms with Crippen LogP contribution in [-0.4, -0.2) is 37.2 Å². The molecule has 0 aliphatic carbocycles. The van der Waals surface area contributed by atoms with E-state index in [1.165, 1.54) is 38.9 Å². The summed E-state index contributed by atoms with van der Waals surface area (Å²) in [5.41, 5.74) is 0.525. The quantitative estimate of drug-likeness (QED) is 0.651. The van der Waals surface area contributed by atoms with Crippen molar-refractivity contribution >= 4 is 0 Å². The van der Waals surface area contributed by atoms with Crippen molar-refractivity contribution in [1.29, 1.82) is 0 Å². The third-order valence-electron chi connectivity index (χ3n) is 3.05. The molecule has 0 amide bonds. The minimum Gasteiger partial charge on any atom is -0.379 e. The Morgan fingerprint density at radius 1 is 1.33 bits per heavy atom. The Morgan fingerprint density at radius 2 is 2.07 bits per heavy atom. The lowest BCUT2D eigenvalue weighted by Gasteiger charge is -2.38. The van der Waals surface area contributed by atoms with Crippen LogP contribution in [0.5, 0.6) is 0 Å². The normalized spacial score (nSPS) is 22.2. The maximum Gasteiger partial charge on any atom is 0.0518 e. The number of hydrogen-bond donors (Lipinski definition) is 0. The molecular weight excluding hydrogens is 186 g/mol. The largest absolute Gasteiger partial charge is 0.379 e. The summed E-state index contributed by atoms with van der Waals surface area (Å²) in [6, 6.07) is 0. The highest BCUT2D eigenvalue weighted by Crippen LogP contribution is 2.28. The van der Waals surface area contributed by atoms with Gasteiger partial charge in [0.15, 0.2) is 0 Å². The van der Waals surface area contributed by atoms with Gasteiger partial charge >= 0.3 is 0 Å². The van der Waals surface area contributed by atoms with Crippen LogP contribution in [0.3, 0.4) is 0 Å². The number of rotatable bonds is 5. The lowest BCUT2D eigenvalue weighted by molar-refractivity contribution is 0.0595. The minimum absolute atomic E-state index is 0.378. The molecule has 0 spiro atoms. The van der Waals surface area contributed by atoms with Crippen LogP contribution in [0.1, 0.15) is 47.0 Å². The first-order valence-corrected chi connectivity index (χ1v) is 6.33. The molecule has 0 aromatic heterocycles. The number of ether oxygens (including phenoxy) is 1. The molecule has 0 aromatic rings. The molecule has 0 aromatic carbocycles. The topological polar surface area (TPSA) is 12.5 Å². The molecule has 2 nitrogen and oxygen atoms in total. The molecule has 1 rings (SSSR count). The SMILES string of the molecule is CC(C)OCCCN1CCCC(C)(C)C1. The summed E-state index contributed by atoms with van der Waals surface area (Å²) in [4.78, 5) is 2.59. The second kappa shape index (κ2) is 5.86. The van der Waals surface area contributed by atoms with Crippen molar-refractivity contribution in [3.63, 3.8) is 0 Å². The number of nitrogens with zero attached hydrogens (tertiary/aromatic N) is 1. The van der Waals surface area contributed by atoms with Crippen LogP contribution in [0, 0.1) is 5.41 Å². The molecule has 15 heavy (non-hydrogen) atoms. The van der Waals surface area contributed by atoms with Crippen LogP contribution >= 0.6 is 0 Å². The molecular formula is C13H27NO. The average Bonchev–Trinajstić information content (AvgIpc) is 2.10. The third kappa shape index (κ3) is 5.53. The Kier molecular flexibility index (Phi) is 5.07. The van der Waals surface area contributed by atoms with Crippen LogP contribution in [0.15, 0.2) is 0 Å². The molecule has 0 radical (unpaired) electrons. The fraction of sp³-hybridized carbons (Fsp3) is 1.00. The molecule has 1 aliphatic heterocycles. The first-order valence-electron chi connectivity index (χ1n) is 6.33. The zero-order valence-electron chi connectivity index (χ0n) is 10.9. The third-order valence-corrected chi connectivity index (χ3v) is 3.05. The summed E-state index contributed by atoms with van der Waals surface area (Å²) >= 11 is 0.